The Hall–Kier alpha value is -2.13. The van der Waals surface area contributed by atoms with E-state index in [4.69, 9.17) is 9.47 Å². The van der Waals surface area contributed by atoms with Crippen molar-refractivity contribution in [2.24, 2.45) is 0 Å². The zero-order valence-corrected chi connectivity index (χ0v) is 13.2. The van der Waals surface area contributed by atoms with E-state index < -0.39 is 0 Å². The number of carbonyl (C=O) groups is 1. The molecule has 2 aromatic carbocycles. The minimum Gasteiger partial charge on any atom is -0.462 e. The van der Waals surface area contributed by atoms with Crippen molar-refractivity contribution in [1.29, 1.82) is 0 Å². The van der Waals surface area contributed by atoms with E-state index in [0.29, 0.717) is 13.2 Å². The summed E-state index contributed by atoms with van der Waals surface area (Å²) in [4.78, 5) is 12.5. The van der Waals surface area contributed by atoms with E-state index in [1.165, 1.54) is 22.3 Å². The van der Waals surface area contributed by atoms with Crippen LogP contribution < -0.4 is 0 Å². The maximum atomic E-state index is 12.5. The lowest BCUT2D eigenvalue weighted by Crippen LogP contribution is -2.19. The quantitative estimate of drug-likeness (QED) is 0.533. The Kier molecular flexibility index (Phi) is 3.66. The summed E-state index contributed by atoms with van der Waals surface area (Å²) in [5, 5.41) is 0. The number of fused-ring (bicyclic) bond motifs is 3. The fourth-order valence-corrected chi connectivity index (χ4v) is 3.46. The van der Waals surface area contributed by atoms with Crippen LogP contribution in [-0.4, -0.2) is 25.3 Å². The van der Waals surface area contributed by atoms with Crippen LogP contribution in [-0.2, 0) is 20.7 Å². The van der Waals surface area contributed by atoms with Crippen molar-refractivity contribution < 1.29 is 14.3 Å². The van der Waals surface area contributed by atoms with Crippen molar-refractivity contribution in [3.63, 3.8) is 0 Å². The van der Waals surface area contributed by atoms with Crippen molar-refractivity contribution in [2.75, 3.05) is 13.2 Å². The Balaban J connectivity index is 1.65. The van der Waals surface area contributed by atoms with E-state index in [0.717, 1.165) is 18.4 Å². The van der Waals surface area contributed by atoms with Crippen molar-refractivity contribution in [3.8, 4) is 11.1 Å². The third-order valence-electron chi connectivity index (χ3n) is 4.77. The summed E-state index contributed by atoms with van der Waals surface area (Å²) < 4.78 is 10.6. The molecule has 0 saturated carbocycles. The average molecular weight is 308 g/mol. The van der Waals surface area contributed by atoms with E-state index in [-0.39, 0.29) is 18.0 Å². The van der Waals surface area contributed by atoms with Crippen LogP contribution in [0.25, 0.3) is 11.1 Å². The molecular formula is C20H20O3. The van der Waals surface area contributed by atoms with Crippen LogP contribution in [0.3, 0.4) is 0 Å². The third kappa shape index (κ3) is 2.66. The highest BCUT2D eigenvalue weighted by molar-refractivity contribution is 5.83. The molecule has 1 aliphatic heterocycles. The number of epoxide rings is 1. The number of hydrogen-bond acceptors (Lipinski definition) is 3. The van der Waals surface area contributed by atoms with E-state index in [1.807, 2.05) is 6.92 Å². The highest BCUT2D eigenvalue weighted by Gasteiger charge is 2.30. The van der Waals surface area contributed by atoms with Gasteiger partial charge in [-0.1, -0.05) is 49.4 Å². The highest BCUT2D eigenvalue weighted by Crippen LogP contribution is 2.41. The molecule has 0 radical (unpaired) electrons. The zero-order valence-electron chi connectivity index (χ0n) is 13.2. The first-order chi connectivity index (χ1) is 11.3. The lowest BCUT2D eigenvalue weighted by molar-refractivity contribution is -0.146. The van der Waals surface area contributed by atoms with Gasteiger partial charge in [-0.15, -0.1) is 0 Å². The van der Waals surface area contributed by atoms with Gasteiger partial charge in [-0.05, 0) is 40.7 Å². The number of hydrogen-bond donors (Lipinski definition) is 0. The summed E-state index contributed by atoms with van der Waals surface area (Å²) in [6, 6.07) is 14.8. The monoisotopic (exact) mass is 308 g/mol. The zero-order chi connectivity index (χ0) is 15.8. The standard InChI is InChI=1S/C20H20O3/c1-2-15(20(21)23-12-14-11-22-14)17-8-5-9-18-16-7-4-3-6-13(16)10-19(17)18/h3-9,14-15H,2,10-12H2,1H3. The molecule has 2 aromatic rings. The first-order valence-electron chi connectivity index (χ1n) is 8.26. The number of esters is 1. The fraction of sp³-hybridized carbons (Fsp3) is 0.350. The summed E-state index contributed by atoms with van der Waals surface area (Å²) >= 11 is 0. The molecule has 0 N–H and O–H groups in total. The summed E-state index contributed by atoms with van der Waals surface area (Å²) in [6.45, 7) is 3.13. The highest BCUT2D eigenvalue weighted by atomic mass is 16.6. The SMILES string of the molecule is CCC(C(=O)OCC1CO1)c1cccc2c1Cc1ccccc1-2. The molecule has 3 nitrogen and oxygen atoms in total. The molecule has 2 aliphatic rings. The molecule has 118 valence electrons. The predicted molar refractivity (Wildman–Crippen MR) is 88.4 cm³/mol. The van der Waals surface area contributed by atoms with Crippen LogP contribution in [0.15, 0.2) is 42.5 Å². The molecule has 0 aromatic heterocycles. The van der Waals surface area contributed by atoms with E-state index in [1.54, 1.807) is 0 Å². The molecule has 2 unspecified atom stereocenters. The minimum atomic E-state index is -0.196. The maximum absolute atomic E-state index is 12.5. The fourth-order valence-electron chi connectivity index (χ4n) is 3.46. The molecule has 1 fully saturated rings. The van der Waals surface area contributed by atoms with Gasteiger partial charge in [-0.3, -0.25) is 4.79 Å². The smallest absolute Gasteiger partial charge is 0.313 e. The van der Waals surface area contributed by atoms with Crippen LogP contribution in [0.4, 0.5) is 0 Å². The second-order valence-corrected chi connectivity index (χ2v) is 6.25. The van der Waals surface area contributed by atoms with Crippen LogP contribution in [0.1, 0.15) is 36.0 Å². The number of benzene rings is 2. The van der Waals surface area contributed by atoms with Gasteiger partial charge < -0.3 is 9.47 Å². The number of carbonyl (C=O) groups excluding carboxylic acids is 1. The largest absolute Gasteiger partial charge is 0.462 e. The van der Waals surface area contributed by atoms with Crippen LogP contribution >= 0.6 is 0 Å². The molecule has 0 bridgehead atoms. The van der Waals surface area contributed by atoms with Gasteiger partial charge in [0.15, 0.2) is 0 Å². The molecule has 0 spiro atoms. The lowest BCUT2D eigenvalue weighted by atomic mass is 9.89. The van der Waals surface area contributed by atoms with Gasteiger partial charge in [0, 0.05) is 0 Å². The van der Waals surface area contributed by atoms with Crippen molar-refractivity contribution in [2.45, 2.75) is 31.8 Å². The van der Waals surface area contributed by atoms with Gasteiger partial charge in [0.2, 0.25) is 0 Å². The van der Waals surface area contributed by atoms with Crippen LogP contribution in [0.5, 0.6) is 0 Å². The Morgan fingerprint density at radius 2 is 2.00 bits per heavy atom. The summed E-state index contributed by atoms with van der Waals surface area (Å²) in [6.07, 6.45) is 1.76. The molecule has 1 saturated heterocycles. The Bertz CT molecular complexity index is 746. The lowest BCUT2D eigenvalue weighted by Gasteiger charge is -2.17. The normalized spacial score (nSPS) is 18.9. The molecule has 4 rings (SSSR count). The summed E-state index contributed by atoms with van der Waals surface area (Å²) in [5.74, 6) is -0.328. The second-order valence-electron chi connectivity index (χ2n) is 6.25. The van der Waals surface area contributed by atoms with Crippen molar-refractivity contribution in [3.05, 3.63) is 59.2 Å². The number of ether oxygens (including phenoxy) is 2. The van der Waals surface area contributed by atoms with Crippen molar-refractivity contribution >= 4 is 5.97 Å². The first-order valence-corrected chi connectivity index (χ1v) is 8.26. The van der Waals surface area contributed by atoms with Gasteiger partial charge in [-0.2, -0.15) is 0 Å². The summed E-state index contributed by atoms with van der Waals surface area (Å²) in [5.41, 5.74) is 6.28. The molecular weight excluding hydrogens is 288 g/mol. The minimum absolute atomic E-state index is 0.113. The van der Waals surface area contributed by atoms with Gasteiger partial charge in [0.25, 0.3) is 0 Å². The predicted octanol–water partition coefficient (Wildman–Crippen LogP) is 3.69. The Labute approximate surface area is 136 Å². The first kappa shape index (κ1) is 14.5. The van der Waals surface area contributed by atoms with Crippen LogP contribution in [0.2, 0.25) is 0 Å². The molecule has 2 atom stereocenters. The van der Waals surface area contributed by atoms with Gasteiger partial charge in [-0.25, -0.2) is 0 Å². The van der Waals surface area contributed by atoms with E-state index in [2.05, 4.69) is 42.5 Å². The average Bonchev–Trinajstić information content (AvgIpc) is 3.33. The second kappa shape index (κ2) is 5.82. The maximum Gasteiger partial charge on any atom is 0.313 e. The van der Waals surface area contributed by atoms with Gasteiger partial charge in [0.1, 0.15) is 12.7 Å². The van der Waals surface area contributed by atoms with E-state index >= 15 is 0 Å². The summed E-state index contributed by atoms with van der Waals surface area (Å²) in [7, 11) is 0. The topological polar surface area (TPSA) is 38.8 Å². The molecule has 3 heteroatoms. The molecule has 0 amide bonds. The van der Waals surface area contributed by atoms with E-state index in [9.17, 15) is 4.79 Å². The number of rotatable bonds is 5. The van der Waals surface area contributed by atoms with Gasteiger partial charge >= 0.3 is 5.97 Å². The Morgan fingerprint density at radius 3 is 2.78 bits per heavy atom. The molecule has 1 heterocycles. The van der Waals surface area contributed by atoms with Crippen LogP contribution in [0, 0.1) is 0 Å². The van der Waals surface area contributed by atoms with Crippen molar-refractivity contribution in [1.82, 2.24) is 0 Å². The molecule has 1 aliphatic carbocycles. The molecule has 23 heavy (non-hydrogen) atoms. The Morgan fingerprint density at radius 1 is 1.22 bits per heavy atom. The third-order valence-corrected chi connectivity index (χ3v) is 4.77. The van der Waals surface area contributed by atoms with Gasteiger partial charge in [0.05, 0.1) is 12.5 Å².